The highest BCUT2D eigenvalue weighted by Crippen LogP contribution is 2.20. The third-order valence-corrected chi connectivity index (χ3v) is 3.18. The summed E-state index contributed by atoms with van der Waals surface area (Å²) in [6.07, 6.45) is 2.04. The number of nitrogens with zero attached hydrogens (tertiary/aromatic N) is 2. The van der Waals surface area contributed by atoms with E-state index in [9.17, 15) is 0 Å². The number of aromatic nitrogens is 1. The van der Waals surface area contributed by atoms with E-state index in [4.69, 9.17) is 10.5 Å². The number of nitrogens with one attached hydrogen (secondary N) is 1. The second-order valence-corrected chi connectivity index (χ2v) is 4.75. The summed E-state index contributed by atoms with van der Waals surface area (Å²) < 4.78 is 5.52. The van der Waals surface area contributed by atoms with Gasteiger partial charge in [0.05, 0.1) is 12.3 Å². The highest BCUT2D eigenvalue weighted by molar-refractivity contribution is 5.53. The Kier molecular flexibility index (Phi) is 7.80. The lowest BCUT2D eigenvalue weighted by Gasteiger charge is -2.18. The highest BCUT2D eigenvalue weighted by Gasteiger charge is 2.04. The van der Waals surface area contributed by atoms with Gasteiger partial charge in [-0.1, -0.05) is 20.8 Å². The van der Waals surface area contributed by atoms with E-state index < -0.39 is 0 Å². The molecular weight excluding hydrogens is 252 g/mol. The van der Waals surface area contributed by atoms with Crippen LogP contribution in [0.2, 0.25) is 0 Å². The van der Waals surface area contributed by atoms with Crippen molar-refractivity contribution in [3.05, 3.63) is 12.1 Å². The van der Waals surface area contributed by atoms with Crippen molar-refractivity contribution < 1.29 is 4.74 Å². The van der Waals surface area contributed by atoms with Gasteiger partial charge in [0, 0.05) is 6.54 Å². The summed E-state index contributed by atoms with van der Waals surface area (Å²) in [6.45, 7) is 11.3. The smallest absolute Gasteiger partial charge is 0.239 e. The molecule has 1 rings (SSSR count). The van der Waals surface area contributed by atoms with Gasteiger partial charge in [0.1, 0.15) is 5.82 Å². The second kappa shape index (κ2) is 9.42. The molecule has 20 heavy (non-hydrogen) atoms. The van der Waals surface area contributed by atoms with Gasteiger partial charge in [-0.15, -0.1) is 0 Å². The number of anilines is 2. The Hall–Kier alpha value is -1.49. The van der Waals surface area contributed by atoms with Gasteiger partial charge in [0.2, 0.25) is 5.88 Å². The van der Waals surface area contributed by atoms with Crippen molar-refractivity contribution in [2.24, 2.45) is 0 Å². The van der Waals surface area contributed by atoms with Crippen molar-refractivity contribution in [3.8, 4) is 5.88 Å². The van der Waals surface area contributed by atoms with Crippen LogP contribution in [0.3, 0.4) is 0 Å². The molecule has 0 fully saturated rings. The predicted molar refractivity (Wildman–Crippen MR) is 85.3 cm³/mol. The summed E-state index contributed by atoms with van der Waals surface area (Å²) in [4.78, 5) is 6.81. The summed E-state index contributed by atoms with van der Waals surface area (Å²) in [7, 11) is 0. The Morgan fingerprint density at radius 3 is 2.65 bits per heavy atom. The molecule has 0 radical (unpaired) electrons. The third kappa shape index (κ3) is 5.65. The fourth-order valence-electron chi connectivity index (χ4n) is 1.92. The fourth-order valence-corrected chi connectivity index (χ4v) is 1.92. The maximum absolute atomic E-state index is 5.84. The van der Waals surface area contributed by atoms with Crippen molar-refractivity contribution in [1.29, 1.82) is 0 Å². The van der Waals surface area contributed by atoms with Crippen molar-refractivity contribution in [3.63, 3.8) is 0 Å². The van der Waals surface area contributed by atoms with Crippen molar-refractivity contribution in [2.75, 3.05) is 43.8 Å². The first-order valence-corrected chi connectivity index (χ1v) is 7.56. The Morgan fingerprint density at radius 1 is 1.25 bits per heavy atom. The molecular formula is C15H28N4O. The standard InChI is InChI=1S/C15H28N4O/c1-4-12-20-15-13(16)8-9-14(18-15)17-10-7-11-19(5-2)6-3/h8-9H,4-7,10-12,16H2,1-3H3,(H,17,18). The van der Waals surface area contributed by atoms with E-state index in [1.807, 2.05) is 12.1 Å². The molecule has 0 saturated heterocycles. The molecule has 114 valence electrons. The minimum Gasteiger partial charge on any atom is -0.476 e. The van der Waals surface area contributed by atoms with Gasteiger partial charge in [-0.05, 0) is 44.6 Å². The quantitative estimate of drug-likeness (QED) is 0.645. The Morgan fingerprint density at radius 2 is 2.00 bits per heavy atom. The van der Waals surface area contributed by atoms with Gasteiger partial charge in [0.25, 0.3) is 0 Å². The maximum atomic E-state index is 5.84. The molecule has 0 aliphatic heterocycles. The number of rotatable bonds is 10. The van der Waals surface area contributed by atoms with Crippen LogP contribution in [0, 0.1) is 0 Å². The SMILES string of the molecule is CCCOc1nc(NCCCN(CC)CC)ccc1N. The molecule has 0 aliphatic carbocycles. The molecule has 0 unspecified atom stereocenters. The number of pyridine rings is 1. The number of nitrogens with two attached hydrogens (primary N) is 1. The maximum Gasteiger partial charge on any atom is 0.239 e. The normalized spacial score (nSPS) is 10.8. The van der Waals surface area contributed by atoms with E-state index in [0.29, 0.717) is 18.2 Å². The van der Waals surface area contributed by atoms with Gasteiger partial charge in [-0.2, -0.15) is 4.98 Å². The van der Waals surface area contributed by atoms with E-state index in [2.05, 4.69) is 36.0 Å². The molecule has 1 aromatic heterocycles. The summed E-state index contributed by atoms with van der Waals surface area (Å²) in [6, 6.07) is 3.73. The first-order valence-electron chi connectivity index (χ1n) is 7.56. The van der Waals surface area contributed by atoms with Crippen molar-refractivity contribution >= 4 is 11.5 Å². The monoisotopic (exact) mass is 280 g/mol. The largest absolute Gasteiger partial charge is 0.476 e. The molecule has 0 saturated carbocycles. The minimum atomic E-state index is 0.528. The summed E-state index contributed by atoms with van der Waals surface area (Å²) >= 11 is 0. The van der Waals surface area contributed by atoms with Crippen LogP contribution in [0.15, 0.2) is 12.1 Å². The third-order valence-electron chi connectivity index (χ3n) is 3.18. The van der Waals surface area contributed by atoms with Crippen molar-refractivity contribution in [2.45, 2.75) is 33.6 Å². The predicted octanol–water partition coefficient (Wildman–Crippen LogP) is 2.60. The molecule has 0 amide bonds. The number of hydrogen-bond donors (Lipinski definition) is 2. The van der Waals surface area contributed by atoms with E-state index in [-0.39, 0.29) is 0 Å². The van der Waals surface area contributed by atoms with Crippen LogP contribution in [-0.4, -0.2) is 42.7 Å². The molecule has 0 bridgehead atoms. The highest BCUT2D eigenvalue weighted by atomic mass is 16.5. The zero-order valence-electron chi connectivity index (χ0n) is 13.0. The molecule has 0 spiro atoms. The number of nitrogen functional groups attached to an aromatic ring is 1. The van der Waals surface area contributed by atoms with Crippen LogP contribution in [0.1, 0.15) is 33.6 Å². The zero-order valence-corrected chi connectivity index (χ0v) is 13.0. The Balaban J connectivity index is 2.40. The minimum absolute atomic E-state index is 0.528. The van der Waals surface area contributed by atoms with Gasteiger partial charge in [-0.3, -0.25) is 0 Å². The van der Waals surface area contributed by atoms with E-state index in [1.165, 1.54) is 0 Å². The van der Waals surface area contributed by atoms with Crippen LogP contribution in [0.25, 0.3) is 0 Å². The molecule has 1 heterocycles. The first-order chi connectivity index (χ1) is 9.71. The Labute approximate surface area is 122 Å². The molecule has 0 aromatic carbocycles. The van der Waals surface area contributed by atoms with Crippen LogP contribution >= 0.6 is 0 Å². The van der Waals surface area contributed by atoms with E-state index >= 15 is 0 Å². The fraction of sp³-hybridized carbons (Fsp3) is 0.667. The summed E-state index contributed by atoms with van der Waals surface area (Å²) in [5.41, 5.74) is 6.43. The molecule has 1 aromatic rings. The lowest BCUT2D eigenvalue weighted by Crippen LogP contribution is -2.25. The summed E-state index contributed by atoms with van der Waals surface area (Å²) in [5, 5.41) is 3.32. The summed E-state index contributed by atoms with van der Waals surface area (Å²) in [5.74, 6) is 1.35. The number of hydrogen-bond acceptors (Lipinski definition) is 5. The average Bonchev–Trinajstić information content (AvgIpc) is 2.47. The second-order valence-electron chi connectivity index (χ2n) is 4.75. The van der Waals surface area contributed by atoms with Crippen molar-refractivity contribution in [1.82, 2.24) is 9.88 Å². The zero-order chi connectivity index (χ0) is 14.8. The van der Waals surface area contributed by atoms with E-state index in [1.54, 1.807) is 0 Å². The van der Waals surface area contributed by atoms with Crippen LogP contribution in [0.5, 0.6) is 5.88 Å². The topological polar surface area (TPSA) is 63.4 Å². The number of ether oxygens (including phenoxy) is 1. The van der Waals surface area contributed by atoms with Crippen LogP contribution < -0.4 is 15.8 Å². The first kappa shape index (κ1) is 16.6. The molecule has 0 aliphatic rings. The van der Waals surface area contributed by atoms with Gasteiger partial charge < -0.3 is 20.7 Å². The van der Waals surface area contributed by atoms with Crippen LogP contribution in [-0.2, 0) is 0 Å². The lowest BCUT2D eigenvalue weighted by atomic mass is 10.3. The Bertz CT molecular complexity index is 380. The van der Waals surface area contributed by atoms with Gasteiger partial charge in [0.15, 0.2) is 0 Å². The van der Waals surface area contributed by atoms with Gasteiger partial charge >= 0.3 is 0 Å². The van der Waals surface area contributed by atoms with Gasteiger partial charge in [-0.25, -0.2) is 0 Å². The molecule has 0 atom stereocenters. The lowest BCUT2D eigenvalue weighted by molar-refractivity contribution is 0.302. The molecule has 5 nitrogen and oxygen atoms in total. The molecule has 3 N–H and O–H groups in total. The molecule has 5 heteroatoms. The van der Waals surface area contributed by atoms with E-state index in [0.717, 1.165) is 44.8 Å². The average molecular weight is 280 g/mol. The van der Waals surface area contributed by atoms with Crippen LogP contribution in [0.4, 0.5) is 11.5 Å².